The van der Waals surface area contributed by atoms with Gasteiger partial charge in [-0.05, 0) is 75.3 Å². The highest BCUT2D eigenvalue weighted by molar-refractivity contribution is 6.36. The Bertz CT molecular complexity index is 2800. The molecule has 54 heavy (non-hydrogen) atoms. The summed E-state index contributed by atoms with van der Waals surface area (Å²) in [6.45, 7) is 0. The molecule has 2 heterocycles. The van der Waals surface area contributed by atoms with E-state index in [1.807, 2.05) is 109 Å². The molecule has 1 aromatic heterocycles. The van der Waals surface area contributed by atoms with Crippen molar-refractivity contribution in [2.45, 2.75) is 0 Å². The largest absolute Gasteiger partial charge is 0.308 e. The van der Waals surface area contributed by atoms with Gasteiger partial charge in [0.25, 0.3) is 11.8 Å². The Morgan fingerprint density at radius 3 is 1.30 bits per heavy atom. The monoisotopic (exact) mass is 692 g/mol. The standard InChI is InChI=1S/C50H32N2O2/c53-49-42-22-13-23-45(48(42)50(54)52(49)44-29-26-37(33-14-5-1-6-15-33)30-43(44)36-20-11-4-12-21-36)51-46-31-38(34-16-7-2-8-17-34)24-27-40(46)41-28-25-39(32-47(41)51)35-18-9-3-10-19-35/h1-32H. The first-order valence-corrected chi connectivity index (χ1v) is 18.1. The van der Waals surface area contributed by atoms with E-state index in [2.05, 4.69) is 83.4 Å². The number of imide groups is 1. The van der Waals surface area contributed by atoms with Crippen LogP contribution in [0.3, 0.4) is 0 Å². The van der Waals surface area contributed by atoms with Crippen LogP contribution < -0.4 is 4.90 Å². The number of benzene rings is 8. The fraction of sp³-hybridized carbons (Fsp3) is 0. The normalized spacial score (nSPS) is 12.5. The number of carbonyl (C=O) groups is 2. The van der Waals surface area contributed by atoms with E-state index in [-0.39, 0.29) is 11.8 Å². The Balaban J connectivity index is 1.19. The van der Waals surface area contributed by atoms with E-state index in [0.717, 1.165) is 66.3 Å². The zero-order valence-electron chi connectivity index (χ0n) is 29.2. The van der Waals surface area contributed by atoms with E-state index < -0.39 is 0 Å². The molecule has 254 valence electrons. The molecular formula is C50H32N2O2. The van der Waals surface area contributed by atoms with Crippen molar-refractivity contribution in [3.8, 4) is 50.2 Å². The number of nitrogens with zero attached hydrogens (tertiary/aromatic N) is 2. The van der Waals surface area contributed by atoms with Crippen LogP contribution in [0.1, 0.15) is 20.7 Å². The Hall–Kier alpha value is -7.30. The van der Waals surface area contributed by atoms with Gasteiger partial charge in [-0.3, -0.25) is 9.59 Å². The molecule has 1 aliphatic heterocycles. The van der Waals surface area contributed by atoms with Crippen molar-refractivity contribution in [3.05, 3.63) is 205 Å². The number of hydrogen-bond donors (Lipinski definition) is 0. The second-order valence-corrected chi connectivity index (χ2v) is 13.6. The Morgan fingerprint density at radius 2 is 0.778 bits per heavy atom. The maximum Gasteiger partial charge on any atom is 0.268 e. The summed E-state index contributed by atoms with van der Waals surface area (Å²) < 4.78 is 2.17. The average molecular weight is 693 g/mol. The van der Waals surface area contributed by atoms with Gasteiger partial charge in [-0.15, -0.1) is 0 Å². The molecule has 0 atom stereocenters. The minimum absolute atomic E-state index is 0.336. The van der Waals surface area contributed by atoms with Gasteiger partial charge >= 0.3 is 0 Å². The highest BCUT2D eigenvalue weighted by atomic mass is 16.2. The molecule has 1 aliphatic rings. The molecule has 8 aromatic carbocycles. The molecule has 4 heteroatoms. The zero-order chi connectivity index (χ0) is 36.2. The van der Waals surface area contributed by atoms with Crippen LogP contribution in [0.4, 0.5) is 5.69 Å². The maximum absolute atomic E-state index is 15.0. The summed E-state index contributed by atoms with van der Waals surface area (Å²) in [5, 5.41) is 2.14. The molecule has 0 aliphatic carbocycles. The molecule has 0 saturated heterocycles. The lowest BCUT2D eigenvalue weighted by Gasteiger charge is -2.20. The van der Waals surface area contributed by atoms with E-state index in [1.165, 1.54) is 4.90 Å². The first-order valence-electron chi connectivity index (χ1n) is 18.1. The predicted molar refractivity (Wildman–Crippen MR) is 220 cm³/mol. The number of hydrogen-bond acceptors (Lipinski definition) is 2. The highest BCUT2D eigenvalue weighted by Crippen LogP contribution is 2.43. The number of aromatic nitrogens is 1. The van der Waals surface area contributed by atoms with Crippen LogP contribution in [0.15, 0.2) is 194 Å². The molecule has 0 N–H and O–H groups in total. The maximum atomic E-state index is 15.0. The quantitative estimate of drug-likeness (QED) is 0.163. The van der Waals surface area contributed by atoms with Gasteiger partial charge in [0, 0.05) is 16.3 Å². The molecule has 4 nitrogen and oxygen atoms in total. The molecule has 0 bridgehead atoms. The zero-order valence-corrected chi connectivity index (χ0v) is 29.2. The van der Waals surface area contributed by atoms with Crippen molar-refractivity contribution in [3.63, 3.8) is 0 Å². The minimum atomic E-state index is -0.344. The summed E-state index contributed by atoms with van der Waals surface area (Å²) in [5.41, 5.74) is 12.1. The Labute approximate surface area is 312 Å². The van der Waals surface area contributed by atoms with Crippen molar-refractivity contribution >= 4 is 39.3 Å². The lowest BCUT2D eigenvalue weighted by molar-refractivity contribution is 0.0926. The van der Waals surface area contributed by atoms with Crippen LogP contribution >= 0.6 is 0 Å². The first-order chi connectivity index (χ1) is 26.6. The van der Waals surface area contributed by atoms with Gasteiger partial charge in [0.2, 0.25) is 0 Å². The summed E-state index contributed by atoms with van der Waals surface area (Å²) in [6, 6.07) is 65.4. The van der Waals surface area contributed by atoms with Crippen molar-refractivity contribution in [1.82, 2.24) is 4.57 Å². The number of anilines is 1. The summed E-state index contributed by atoms with van der Waals surface area (Å²) in [7, 11) is 0. The number of carbonyl (C=O) groups excluding carboxylic acids is 2. The number of amides is 2. The molecular weight excluding hydrogens is 661 g/mol. The van der Waals surface area contributed by atoms with Crippen LogP contribution in [0.5, 0.6) is 0 Å². The fourth-order valence-electron chi connectivity index (χ4n) is 7.96. The van der Waals surface area contributed by atoms with Gasteiger partial charge in [-0.2, -0.15) is 0 Å². The number of rotatable bonds is 6. The van der Waals surface area contributed by atoms with Crippen molar-refractivity contribution in [2.24, 2.45) is 0 Å². The first kappa shape index (κ1) is 31.4. The molecule has 0 unspecified atom stereocenters. The third-order valence-electron chi connectivity index (χ3n) is 10.5. The van der Waals surface area contributed by atoms with E-state index in [9.17, 15) is 4.79 Å². The summed E-state index contributed by atoms with van der Waals surface area (Å²) >= 11 is 0. The predicted octanol–water partition coefficient (Wildman–Crippen LogP) is 12.3. The minimum Gasteiger partial charge on any atom is -0.308 e. The summed E-state index contributed by atoms with van der Waals surface area (Å²) in [6.07, 6.45) is 0. The second kappa shape index (κ2) is 12.7. The lowest BCUT2D eigenvalue weighted by atomic mass is 9.97. The third kappa shape index (κ3) is 5.07. The van der Waals surface area contributed by atoms with E-state index in [1.54, 1.807) is 6.07 Å². The SMILES string of the molecule is O=C1c2cccc(-n3c4cc(-c5ccccc5)ccc4c4ccc(-c5ccccc5)cc43)c2C(=O)N1c1ccc(-c2ccccc2)cc1-c1ccccc1. The topological polar surface area (TPSA) is 42.3 Å². The van der Waals surface area contributed by atoms with Crippen LogP contribution in [-0.4, -0.2) is 16.4 Å². The van der Waals surface area contributed by atoms with Gasteiger partial charge in [-0.1, -0.05) is 158 Å². The molecule has 0 radical (unpaired) electrons. The second-order valence-electron chi connectivity index (χ2n) is 13.6. The summed E-state index contributed by atoms with van der Waals surface area (Å²) in [5.74, 6) is -0.680. The van der Waals surface area contributed by atoms with Gasteiger partial charge in [-0.25, -0.2) is 4.90 Å². The van der Waals surface area contributed by atoms with E-state index in [0.29, 0.717) is 22.5 Å². The van der Waals surface area contributed by atoms with Crippen molar-refractivity contribution in [1.29, 1.82) is 0 Å². The summed E-state index contributed by atoms with van der Waals surface area (Å²) in [4.78, 5) is 30.9. The molecule has 0 spiro atoms. The van der Waals surface area contributed by atoms with Crippen molar-refractivity contribution in [2.75, 3.05) is 4.90 Å². The fourth-order valence-corrected chi connectivity index (χ4v) is 7.96. The Morgan fingerprint density at radius 1 is 0.315 bits per heavy atom. The van der Waals surface area contributed by atoms with Crippen LogP contribution in [0.25, 0.3) is 72.0 Å². The molecule has 10 rings (SSSR count). The van der Waals surface area contributed by atoms with Crippen LogP contribution in [-0.2, 0) is 0 Å². The van der Waals surface area contributed by atoms with Crippen molar-refractivity contribution < 1.29 is 9.59 Å². The van der Waals surface area contributed by atoms with Gasteiger partial charge < -0.3 is 4.57 Å². The van der Waals surface area contributed by atoms with Crippen LogP contribution in [0.2, 0.25) is 0 Å². The van der Waals surface area contributed by atoms with Gasteiger partial charge in [0.1, 0.15) is 0 Å². The molecule has 0 saturated carbocycles. The van der Waals surface area contributed by atoms with Crippen LogP contribution in [0, 0.1) is 0 Å². The number of fused-ring (bicyclic) bond motifs is 4. The Kier molecular flexibility index (Phi) is 7.41. The van der Waals surface area contributed by atoms with Gasteiger partial charge in [0.05, 0.1) is 33.5 Å². The van der Waals surface area contributed by atoms with E-state index in [4.69, 9.17) is 0 Å². The highest BCUT2D eigenvalue weighted by Gasteiger charge is 2.40. The molecule has 0 fully saturated rings. The van der Waals surface area contributed by atoms with Gasteiger partial charge in [0.15, 0.2) is 0 Å². The van der Waals surface area contributed by atoms with E-state index >= 15 is 4.79 Å². The third-order valence-corrected chi connectivity index (χ3v) is 10.5. The smallest absolute Gasteiger partial charge is 0.268 e. The molecule has 2 amide bonds. The lowest BCUT2D eigenvalue weighted by Crippen LogP contribution is -2.30. The average Bonchev–Trinajstić information content (AvgIpc) is 3.71. The molecule has 9 aromatic rings.